The molecule has 1 N–H and O–H groups in total. The Morgan fingerprint density at radius 3 is 2.90 bits per heavy atom. The van der Waals surface area contributed by atoms with Crippen LogP contribution in [0.5, 0.6) is 0 Å². The molecular weight excluding hydrogens is 316 g/mol. The van der Waals surface area contributed by atoms with Crippen molar-refractivity contribution in [2.45, 2.75) is 19.4 Å². The molecule has 1 atom stereocenters. The van der Waals surface area contributed by atoms with Gasteiger partial charge in [0.25, 0.3) is 11.6 Å². The molecule has 9 heteroatoms. The van der Waals surface area contributed by atoms with Crippen LogP contribution >= 0.6 is 22.9 Å². The highest BCUT2D eigenvalue weighted by Gasteiger charge is 2.21. The van der Waals surface area contributed by atoms with E-state index in [1.54, 1.807) is 6.20 Å². The average molecular weight is 327 g/mol. The van der Waals surface area contributed by atoms with Crippen molar-refractivity contribution in [1.29, 1.82) is 0 Å². The van der Waals surface area contributed by atoms with Gasteiger partial charge in [0.2, 0.25) is 0 Å². The van der Waals surface area contributed by atoms with Gasteiger partial charge in [-0.25, -0.2) is 9.97 Å². The average Bonchev–Trinajstić information content (AvgIpc) is 2.98. The van der Waals surface area contributed by atoms with Gasteiger partial charge in [-0.15, -0.1) is 11.3 Å². The second kappa shape index (κ2) is 6.59. The second-order valence-corrected chi connectivity index (χ2v) is 5.38. The molecular formula is C12H11ClN4O3S. The zero-order valence-electron chi connectivity index (χ0n) is 10.9. The van der Waals surface area contributed by atoms with Gasteiger partial charge in [0.05, 0.1) is 16.5 Å². The molecule has 0 aliphatic carbocycles. The van der Waals surface area contributed by atoms with Crippen molar-refractivity contribution < 1.29 is 9.72 Å². The third-order valence-corrected chi connectivity index (χ3v) is 3.93. The zero-order chi connectivity index (χ0) is 15.4. The summed E-state index contributed by atoms with van der Waals surface area (Å²) in [4.78, 5) is 30.1. The lowest BCUT2D eigenvalue weighted by Gasteiger charge is -2.14. The van der Waals surface area contributed by atoms with Crippen molar-refractivity contribution in [3.05, 3.63) is 49.7 Å². The fourth-order valence-corrected chi connectivity index (χ4v) is 2.64. The van der Waals surface area contributed by atoms with Gasteiger partial charge in [-0.3, -0.25) is 14.9 Å². The number of nitrogens with zero attached hydrogens (tertiary/aromatic N) is 3. The molecule has 1 unspecified atom stereocenters. The van der Waals surface area contributed by atoms with E-state index in [4.69, 9.17) is 11.6 Å². The van der Waals surface area contributed by atoms with E-state index in [1.165, 1.54) is 11.3 Å². The van der Waals surface area contributed by atoms with Gasteiger partial charge < -0.3 is 5.32 Å². The van der Waals surface area contributed by atoms with Crippen LogP contribution in [0.3, 0.4) is 0 Å². The Hall–Kier alpha value is -2.06. The lowest BCUT2D eigenvalue weighted by atomic mass is 10.2. The summed E-state index contributed by atoms with van der Waals surface area (Å²) in [5.74, 6) is -0.516. The van der Waals surface area contributed by atoms with E-state index < -0.39 is 10.8 Å². The van der Waals surface area contributed by atoms with E-state index in [0.717, 1.165) is 17.3 Å². The van der Waals surface area contributed by atoms with E-state index in [0.29, 0.717) is 6.42 Å². The zero-order valence-corrected chi connectivity index (χ0v) is 12.5. The van der Waals surface area contributed by atoms with Crippen LogP contribution in [-0.2, 0) is 0 Å². The van der Waals surface area contributed by atoms with Crippen molar-refractivity contribution in [2.75, 3.05) is 0 Å². The Bertz CT molecular complexity index is 663. The molecule has 2 rings (SSSR count). The Labute approximate surface area is 129 Å². The molecule has 0 spiro atoms. The summed E-state index contributed by atoms with van der Waals surface area (Å²) in [6, 6.07) is 0.840. The molecule has 2 aromatic heterocycles. The van der Waals surface area contributed by atoms with Gasteiger partial charge >= 0.3 is 0 Å². The van der Waals surface area contributed by atoms with Crippen LogP contribution in [0.1, 0.15) is 34.8 Å². The lowest BCUT2D eigenvalue weighted by molar-refractivity contribution is -0.385. The van der Waals surface area contributed by atoms with Crippen LogP contribution in [-0.4, -0.2) is 20.8 Å². The number of hydrogen-bond donors (Lipinski definition) is 1. The van der Waals surface area contributed by atoms with Gasteiger partial charge in [-0.2, -0.15) is 0 Å². The number of rotatable bonds is 5. The Morgan fingerprint density at radius 1 is 1.57 bits per heavy atom. The van der Waals surface area contributed by atoms with Crippen molar-refractivity contribution in [3.8, 4) is 0 Å². The molecule has 0 aromatic carbocycles. The molecule has 1 amide bonds. The van der Waals surface area contributed by atoms with Crippen LogP contribution in [0.15, 0.2) is 23.8 Å². The number of halogens is 1. The van der Waals surface area contributed by atoms with E-state index >= 15 is 0 Å². The molecule has 2 aromatic rings. The molecule has 0 radical (unpaired) electrons. The lowest BCUT2D eigenvalue weighted by Crippen LogP contribution is -2.28. The SMILES string of the molecule is CCC(NC(=O)c1cc([N+](=O)[O-])cnc1Cl)c1nccs1. The standard InChI is InChI=1S/C12H11ClN4O3S/c1-2-9(12-14-3-4-21-12)16-11(18)8-5-7(17(19)20)6-15-10(8)13/h3-6,9H,2H2,1H3,(H,16,18). The smallest absolute Gasteiger partial charge is 0.288 e. The number of amides is 1. The van der Waals surface area contributed by atoms with Crippen LogP contribution in [0.2, 0.25) is 5.15 Å². The maximum Gasteiger partial charge on any atom is 0.288 e. The number of nitrogens with one attached hydrogen (secondary N) is 1. The van der Waals surface area contributed by atoms with Gasteiger partial charge in [-0.1, -0.05) is 18.5 Å². The highest BCUT2D eigenvalue weighted by Crippen LogP contribution is 2.22. The van der Waals surface area contributed by atoms with Crippen molar-refractivity contribution in [1.82, 2.24) is 15.3 Å². The molecule has 0 aliphatic rings. The van der Waals surface area contributed by atoms with E-state index in [1.807, 2.05) is 12.3 Å². The van der Waals surface area contributed by atoms with Crippen LogP contribution in [0.4, 0.5) is 5.69 Å². The van der Waals surface area contributed by atoms with Crippen molar-refractivity contribution >= 4 is 34.5 Å². The predicted octanol–water partition coefficient (Wildman–Crippen LogP) is 2.98. The normalized spacial score (nSPS) is 11.9. The minimum atomic E-state index is -0.627. The summed E-state index contributed by atoms with van der Waals surface area (Å²) in [6.45, 7) is 1.90. The number of carbonyl (C=O) groups excluding carboxylic acids is 1. The van der Waals surface area contributed by atoms with Crippen LogP contribution < -0.4 is 5.32 Å². The van der Waals surface area contributed by atoms with Gasteiger partial charge in [0, 0.05) is 17.6 Å². The molecule has 0 aliphatic heterocycles. The highest BCUT2D eigenvalue weighted by atomic mass is 35.5. The largest absolute Gasteiger partial charge is 0.343 e. The molecule has 7 nitrogen and oxygen atoms in total. The highest BCUT2D eigenvalue weighted by molar-refractivity contribution is 7.09. The Balaban J connectivity index is 2.23. The summed E-state index contributed by atoms with van der Waals surface area (Å²) >= 11 is 7.26. The van der Waals surface area contributed by atoms with E-state index in [-0.39, 0.29) is 22.4 Å². The number of carbonyl (C=O) groups is 1. The number of thiazole rings is 1. The summed E-state index contributed by atoms with van der Waals surface area (Å²) in [6.07, 6.45) is 3.30. The summed E-state index contributed by atoms with van der Waals surface area (Å²) < 4.78 is 0. The monoisotopic (exact) mass is 326 g/mol. The maximum absolute atomic E-state index is 12.2. The fourth-order valence-electron chi connectivity index (χ4n) is 1.68. The molecule has 110 valence electrons. The number of pyridine rings is 1. The van der Waals surface area contributed by atoms with Gasteiger partial charge in [0.1, 0.15) is 16.4 Å². The summed E-state index contributed by atoms with van der Waals surface area (Å²) in [7, 11) is 0. The van der Waals surface area contributed by atoms with E-state index in [2.05, 4.69) is 15.3 Å². The van der Waals surface area contributed by atoms with Crippen LogP contribution in [0, 0.1) is 10.1 Å². The first kappa shape index (κ1) is 15.3. The van der Waals surface area contributed by atoms with Gasteiger partial charge in [0.15, 0.2) is 0 Å². The van der Waals surface area contributed by atoms with Crippen molar-refractivity contribution in [3.63, 3.8) is 0 Å². The third kappa shape index (κ3) is 3.53. The maximum atomic E-state index is 12.2. The molecule has 21 heavy (non-hydrogen) atoms. The molecule has 0 saturated carbocycles. The minimum absolute atomic E-state index is 0.0270. The number of hydrogen-bond acceptors (Lipinski definition) is 6. The number of nitro groups is 1. The molecule has 0 fully saturated rings. The Morgan fingerprint density at radius 2 is 2.33 bits per heavy atom. The Kier molecular flexibility index (Phi) is 4.81. The molecule has 0 bridgehead atoms. The molecule has 0 saturated heterocycles. The first-order valence-corrected chi connectivity index (χ1v) is 7.28. The fraction of sp³-hybridized carbons (Fsp3) is 0.250. The summed E-state index contributed by atoms with van der Waals surface area (Å²) in [5, 5.41) is 16.0. The minimum Gasteiger partial charge on any atom is -0.343 e. The quantitative estimate of drug-likeness (QED) is 0.517. The summed E-state index contributed by atoms with van der Waals surface area (Å²) in [5.41, 5.74) is -0.312. The first-order valence-electron chi connectivity index (χ1n) is 6.03. The van der Waals surface area contributed by atoms with E-state index in [9.17, 15) is 14.9 Å². The topological polar surface area (TPSA) is 98.0 Å². The first-order chi connectivity index (χ1) is 10.0. The van der Waals surface area contributed by atoms with Crippen LogP contribution in [0.25, 0.3) is 0 Å². The molecule has 2 heterocycles. The van der Waals surface area contributed by atoms with Gasteiger partial charge in [-0.05, 0) is 6.42 Å². The third-order valence-electron chi connectivity index (χ3n) is 2.74. The number of aromatic nitrogens is 2. The predicted molar refractivity (Wildman–Crippen MR) is 78.5 cm³/mol. The van der Waals surface area contributed by atoms with Crippen molar-refractivity contribution in [2.24, 2.45) is 0 Å². The second-order valence-electron chi connectivity index (χ2n) is 4.09.